The van der Waals surface area contributed by atoms with Gasteiger partial charge in [0.2, 0.25) is 0 Å². The van der Waals surface area contributed by atoms with Crippen molar-refractivity contribution in [1.82, 2.24) is 0 Å². The van der Waals surface area contributed by atoms with Gasteiger partial charge in [0.1, 0.15) is 19.8 Å². The number of hydrogen-bond acceptors (Lipinski definition) is 8. The van der Waals surface area contributed by atoms with E-state index in [1.54, 1.807) is 0 Å². The molecule has 0 bridgehead atoms. The SMILES string of the molecule is CC/C=C\C/C=C\C/C=C\C/C=C\C/C=C\C/C=C\C/C=C\CCCCCCCCCC(=O)OC(COC(=O)CCCCCCCCCCCCCCCCCCCCCCCC/C=C\C/C=C\C/C=C\CCCCCCC)COP(=O)([O-])OCC[N+](C)(C)C. The molecule has 518 valence electrons. The molecule has 0 radical (unpaired) electrons. The minimum absolute atomic E-state index is 0.0376. The van der Waals surface area contributed by atoms with Crippen LogP contribution in [0.15, 0.2) is 122 Å². The van der Waals surface area contributed by atoms with Crippen LogP contribution < -0.4 is 4.89 Å². The lowest BCUT2D eigenvalue weighted by Gasteiger charge is -2.28. The Kier molecular flexibility index (Phi) is 67.0. The van der Waals surface area contributed by atoms with Crippen LogP contribution in [0.2, 0.25) is 0 Å². The predicted molar refractivity (Wildman–Crippen MR) is 388 cm³/mol. The summed E-state index contributed by atoms with van der Waals surface area (Å²) in [6, 6.07) is 0. The van der Waals surface area contributed by atoms with Crippen molar-refractivity contribution in [1.29, 1.82) is 0 Å². The molecule has 0 aliphatic rings. The Morgan fingerprint density at radius 1 is 0.356 bits per heavy atom. The molecule has 0 aliphatic carbocycles. The lowest BCUT2D eigenvalue weighted by atomic mass is 10.0. The first-order valence-electron chi connectivity index (χ1n) is 37.2. The lowest BCUT2D eigenvalue weighted by molar-refractivity contribution is -0.870. The van der Waals surface area contributed by atoms with Crippen LogP contribution >= 0.6 is 7.82 Å². The number of rotatable bonds is 68. The second kappa shape index (κ2) is 69.7. The number of unbranched alkanes of at least 4 members (excludes halogenated alkanes) is 34. The highest BCUT2D eigenvalue weighted by Crippen LogP contribution is 2.38. The molecule has 0 aromatic heterocycles. The number of ether oxygens (including phenoxy) is 2. The molecule has 0 fully saturated rings. The van der Waals surface area contributed by atoms with E-state index in [0.717, 1.165) is 103 Å². The number of likely N-dealkylation sites (N-methyl/N-ethyl adjacent to an activating group) is 1. The van der Waals surface area contributed by atoms with Crippen molar-refractivity contribution in [2.45, 2.75) is 328 Å². The van der Waals surface area contributed by atoms with Gasteiger partial charge < -0.3 is 27.9 Å². The van der Waals surface area contributed by atoms with Crippen LogP contribution in [0.3, 0.4) is 0 Å². The Balaban J connectivity index is 4.02. The van der Waals surface area contributed by atoms with Gasteiger partial charge in [0.15, 0.2) is 6.10 Å². The first-order valence-corrected chi connectivity index (χ1v) is 38.7. The molecule has 0 heterocycles. The topological polar surface area (TPSA) is 111 Å². The van der Waals surface area contributed by atoms with Gasteiger partial charge in [-0.3, -0.25) is 14.2 Å². The number of esters is 2. The predicted octanol–water partition coefficient (Wildman–Crippen LogP) is 24.0. The van der Waals surface area contributed by atoms with Gasteiger partial charge in [0, 0.05) is 12.8 Å². The Hall–Kier alpha value is -3.59. The normalized spacial score (nSPS) is 13.8. The van der Waals surface area contributed by atoms with Crippen molar-refractivity contribution in [2.75, 3.05) is 47.5 Å². The van der Waals surface area contributed by atoms with Crippen molar-refractivity contribution in [3.8, 4) is 0 Å². The number of phosphoric acid groups is 1. The van der Waals surface area contributed by atoms with Gasteiger partial charge in [-0.1, -0.05) is 322 Å². The summed E-state index contributed by atoms with van der Waals surface area (Å²) in [5.74, 6) is -0.841. The number of allylic oxidation sites excluding steroid dienone is 20. The van der Waals surface area contributed by atoms with Crippen molar-refractivity contribution in [2.24, 2.45) is 0 Å². The minimum Gasteiger partial charge on any atom is -0.756 e. The molecule has 9 nitrogen and oxygen atoms in total. The van der Waals surface area contributed by atoms with E-state index < -0.39 is 26.5 Å². The lowest BCUT2D eigenvalue weighted by Crippen LogP contribution is -2.37. The fraction of sp³-hybridized carbons (Fsp3) is 0.725. The van der Waals surface area contributed by atoms with Gasteiger partial charge >= 0.3 is 11.9 Å². The largest absolute Gasteiger partial charge is 0.756 e. The van der Waals surface area contributed by atoms with E-state index in [0.29, 0.717) is 17.4 Å². The summed E-state index contributed by atoms with van der Waals surface area (Å²) in [6.07, 6.45) is 100. The molecular formula is C80H140NO8P. The molecule has 0 aromatic rings. The molecule has 0 N–H and O–H groups in total. The molecule has 0 spiro atoms. The zero-order chi connectivity index (χ0) is 65.5. The molecular weight excluding hydrogens is 1130 g/mol. The molecule has 10 heteroatoms. The number of hydrogen-bond donors (Lipinski definition) is 0. The van der Waals surface area contributed by atoms with Crippen LogP contribution in [0.1, 0.15) is 322 Å². The van der Waals surface area contributed by atoms with Crippen LogP contribution in [0.4, 0.5) is 0 Å². The molecule has 0 saturated heterocycles. The number of carbonyl (C=O) groups excluding carboxylic acids is 2. The van der Waals surface area contributed by atoms with E-state index in [9.17, 15) is 19.0 Å². The molecule has 2 unspecified atom stereocenters. The first kappa shape index (κ1) is 86.4. The summed E-state index contributed by atoms with van der Waals surface area (Å²) in [4.78, 5) is 38.1. The average molecular weight is 1270 g/mol. The second-order valence-electron chi connectivity index (χ2n) is 25.9. The number of phosphoric ester groups is 1. The van der Waals surface area contributed by atoms with Crippen LogP contribution in [-0.2, 0) is 32.7 Å². The van der Waals surface area contributed by atoms with E-state index >= 15 is 0 Å². The Morgan fingerprint density at radius 3 is 0.944 bits per heavy atom. The third kappa shape index (κ3) is 73.5. The zero-order valence-corrected chi connectivity index (χ0v) is 59.9. The monoisotopic (exact) mass is 1270 g/mol. The van der Waals surface area contributed by atoms with Gasteiger partial charge in [0.25, 0.3) is 7.82 Å². The highest BCUT2D eigenvalue weighted by atomic mass is 31.2. The molecule has 0 aromatic carbocycles. The summed E-state index contributed by atoms with van der Waals surface area (Å²) < 4.78 is 34.3. The molecule has 90 heavy (non-hydrogen) atoms. The Bertz CT molecular complexity index is 1940. The number of quaternary nitrogens is 1. The van der Waals surface area contributed by atoms with E-state index in [2.05, 4.69) is 135 Å². The molecule has 0 amide bonds. The summed E-state index contributed by atoms with van der Waals surface area (Å²) in [5, 5.41) is 0. The maximum absolute atomic E-state index is 12.9. The Labute approximate surface area is 556 Å². The third-order valence-corrected chi connectivity index (χ3v) is 16.9. The van der Waals surface area contributed by atoms with Crippen molar-refractivity contribution < 1.29 is 42.1 Å². The highest BCUT2D eigenvalue weighted by molar-refractivity contribution is 7.45. The van der Waals surface area contributed by atoms with Crippen LogP contribution in [0, 0.1) is 0 Å². The Morgan fingerprint density at radius 2 is 0.633 bits per heavy atom. The van der Waals surface area contributed by atoms with E-state index in [1.165, 1.54) is 186 Å². The second-order valence-corrected chi connectivity index (χ2v) is 27.3. The fourth-order valence-electron chi connectivity index (χ4n) is 10.3. The van der Waals surface area contributed by atoms with Crippen molar-refractivity contribution in [3.05, 3.63) is 122 Å². The standard InChI is InChI=1S/C80H140NO8P/c1-6-8-10-12-14-16-18-20-22-24-26-28-30-32-34-36-37-38-39-40-41-42-43-45-46-48-50-52-54-56-58-60-62-64-66-68-70-72-79(82)86-76-78(77-88-90(84,85)87-75-74-81(3,4)5)89-80(83)73-71-69-67-65-63-61-59-57-55-53-51-49-47-44-35-33-31-29-27-25-23-21-19-17-15-13-11-9-7-2/h9,11,15,17-18,20-21,23-24,26-27,29-30,32-33,35,47,49,53,55,78H,6-8,10,12-14,16,19,22,25,28,31,34,36-46,48,50-52,54,56-77H2,1-5H3/b11-9-,17-15-,20-18-,23-21-,26-24-,29-27-,32-30-,35-33-,49-47-,55-53-. The zero-order valence-electron chi connectivity index (χ0n) is 59.1. The number of carbonyl (C=O) groups is 2. The third-order valence-electron chi connectivity index (χ3n) is 16.0. The van der Waals surface area contributed by atoms with Gasteiger partial charge in [-0.25, -0.2) is 0 Å². The summed E-state index contributed by atoms with van der Waals surface area (Å²) in [7, 11) is 1.15. The van der Waals surface area contributed by atoms with Crippen molar-refractivity contribution >= 4 is 19.8 Å². The smallest absolute Gasteiger partial charge is 0.306 e. The summed E-state index contributed by atoms with van der Waals surface area (Å²) in [5.41, 5.74) is 0. The van der Waals surface area contributed by atoms with Crippen LogP contribution in [-0.4, -0.2) is 70.0 Å². The van der Waals surface area contributed by atoms with Crippen LogP contribution in [0.5, 0.6) is 0 Å². The van der Waals surface area contributed by atoms with Gasteiger partial charge in [0.05, 0.1) is 27.7 Å². The minimum atomic E-state index is -4.65. The van der Waals surface area contributed by atoms with Crippen LogP contribution in [0.25, 0.3) is 0 Å². The molecule has 0 saturated carbocycles. The maximum atomic E-state index is 12.9. The van der Waals surface area contributed by atoms with Crippen molar-refractivity contribution in [3.63, 3.8) is 0 Å². The average Bonchev–Trinajstić information content (AvgIpc) is 3.58. The quantitative estimate of drug-likeness (QED) is 0.0195. The molecule has 0 aliphatic heterocycles. The molecule has 2 atom stereocenters. The van der Waals surface area contributed by atoms with Gasteiger partial charge in [-0.15, -0.1) is 0 Å². The van der Waals surface area contributed by atoms with Gasteiger partial charge in [-0.2, -0.15) is 0 Å². The summed E-state index contributed by atoms with van der Waals surface area (Å²) >= 11 is 0. The maximum Gasteiger partial charge on any atom is 0.306 e. The van der Waals surface area contributed by atoms with E-state index in [4.69, 9.17) is 18.5 Å². The number of nitrogens with zero attached hydrogens (tertiary/aromatic N) is 1. The van der Waals surface area contributed by atoms with Gasteiger partial charge in [-0.05, 0) is 109 Å². The first-order chi connectivity index (χ1) is 44.0. The van der Waals surface area contributed by atoms with E-state index in [-0.39, 0.29) is 32.0 Å². The highest BCUT2D eigenvalue weighted by Gasteiger charge is 2.22. The summed E-state index contributed by atoms with van der Waals surface area (Å²) in [6.45, 7) is 4.12. The fourth-order valence-corrected chi connectivity index (χ4v) is 11.0. The molecule has 0 rings (SSSR count). The van der Waals surface area contributed by atoms with E-state index in [1.807, 2.05) is 21.1 Å².